The van der Waals surface area contributed by atoms with Crippen LogP contribution in [0.4, 0.5) is 5.69 Å². The largest absolute Gasteiger partial charge is 0.465 e. The van der Waals surface area contributed by atoms with Gasteiger partial charge in [-0.2, -0.15) is 0 Å². The van der Waals surface area contributed by atoms with Gasteiger partial charge in [-0.1, -0.05) is 6.07 Å². The molecule has 0 bridgehead atoms. The number of anilines is 1. The molecule has 0 fully saturated rings. The van der Waals surface area contributed by atoms with Crippen molar-refractivity contribution in [3.05, 3.63) is 55.9 Å². The number of carbonyl (C=O) groups is 1. The zero-order chi connectivity index (χ0) is 19.7. The minimum atomic E-state index is -0.443. The molecular formula is C20H23N3O3S. The predicted octanol–water partition coefficient (Wildman–Crippen LogP) is 3.72. The number of aromatic amines is 1. The summed E-state index contributed by atoms with van der Waals surface area (Å²) in [6.45, 7) is 9.21. The zero-order valence-electron chi connectivity index (χ0n) is 16.2. The van der Waals surface area contributed by atoms with Gasteiger partial charge < -0.3 is 14.6 Å². The normalized spacial score (nSPS) is 11.0. The van der Waals surface area contributed by atoms with E-state index in [2.05, 4.69) is 53.8 Å². The Morgan fingerprint density at radius 3 is 2.48 bits per heavy atom. The van der Waals surface area contributed by atoms with Crippen LogP contribution in [0.25, 0.3) is 10.2 Å². The lowest BCUT2D eigenvalue weighted by molar-refractivity contribution is 0.0605. The molecule has 1 N–H and O–H groups in total. The fourth-order valence-electron chi connectivity index (χ4n) is 3.25. The summed E-state index contributed by atoms with van der Waals surface area (Å²) < 4.78 is 4.80. The number of hydrogen-bond donors (Lipinski definition) is 1. The van der Waals surface area contributed by atoms with Crippen LogP contribution in [0.5, 0.6) is 0 Å². The molecule has 1 aromatic carbocycles. The number of nitrogens with zero attached hydrogens (tertiary/aromatic N) is 2. The highest BCUT2D eigenvalue weighted by Crippen LogP contribution is 2.28. The molecule has 0 radical (unpaired) electrons. The van der Waals surface area contributed by atoms with Gasteiger partial charge in [0.05, 0.1) is 19.0 Å². The van der Waals surface area contributed by atoms with Crippen molar-refractivity contribution in [1.82, 2.24) is 9.97 Å². The van der Waals surface area contributed by atoms with E-state index in [4.69, 9.17) is 4.74 Å². The van der Waals surface area contributed by atoms with Gasteiger partial charge in [-0.05, 0) is 56.5 Å². The average molecular weight is 385 g/mol. The number of ether oxygens (including phenoxy) is 1. The first-order valence-electron chi connectivity index (χ1n) is 8.77. The Morgan fingerprint density at radius 2 is 1.89 bits per heavy atom. The molecule has 0 saturated heterocycles. The number of rotatable bonds is 5. The molecule has 6 nitrogen and oxygen atoms in total. The third kappa shape index (κ3) is 3.73. The lowest BCUT2D eigenvalue weighted by Crippen LogP contribution is -2.25. The van der Waals surface area contributed by atoms with Gasteiger partial charge in [0.15, 0.2) is 0 Å². The van der Waals surface area contributed by atoms with Crippen molar-refractivity contribution in [2.45, 2.75) is 34.2 Å². The second-order valence-electron chi connectivity index (χ2n) is 6.60. The Labute approximate surface area is 161 Å². The molecule has 27 heavy (non-hydrogen) atoms. The van der Waals surface area contributed by atoms with E-state index in [-0.39, 0.29) is 5.56 Å². The standard InChI is InChI=1S/C20H23N3O3S/c1-6-23(14-8-11(2)7-12(3)9-14)10-15-21-18(24)16-13(4)17(20(25)26-5)27-19(16)22-15/h7-9H,6,10H2,1-5H3,(H,21,22,24). The molecule has 0 atom stereocenters. The maximum Gasteiger partial charge on any atom is 0.348 e. The van der Waals surface area contributed by atoms with Crippen LogP contribution in [0.2, 0.25) is 0 Å². The van der Waals surface area contributed by atoms with Crippen molar-refractivity contribution >= 4 is 33.2 Å². The van der Waals surface area contributed by atoms with E-state index < -0.39 is 5.97 Å². The summed E-state index contributed by atoms with van der Waals surface area (Å²) in [4.78, 5) is 35.1. The molecule has 0 amide bonds. The van der Waals surface area contributed by atoms with E-state index in [1.165, 1.54) is 29.6 Å². The van der Waals surface area contributed by atoms with Gasteiger partial charge in [-0.15, -0.1) is 11.3 Å². The number of carbonyl (C=O) groups excluding carboxylic acids is 1. The Morgan fingerprint density at radius 1 is 1.22 bits per heavy atom. The molecule has 7 heteroatoms. The smallest absolute Gasteiger partial charge is 0.348 e. The molecular weight excluding hydrogens is 362 g/mol. The molecule has 2 aromatic heterocycles. The summed E-state index contributed by atoms with van der Waals surface area (Å²) in [6.07, 6.45) is 0. The van der Waals surface area contributed by atoms with Crippen molar-refractivity contribution in [2.75, 3.05) is 18.6 Å². The van der Waals surface area contributed by atoms with Gasteiger partial charge in [0.25, 0.3) is 5.56 Å². The number of hydrogen-bond acceptors (Lipinski definition) is 6. The number of methoxy groups -OCH3 is 1. The molecule has 2 heterocycles. The fourth-order valence-corrected chi connectivity index (χ4v) is 4.37. The molecule has 0 aliphatic rings. The summed E-state index contributed by atoms with van der Waals surface area (Å²) >= 11 is 1.20. The molecule has 0 unspecified atom stereocenters. The van der Waals surface area contributed by atoms with Crippen LogP contribution in [-0.2, 0) is 11.3 Å². The lowest BCUT2D eigenvalue weighted by atomic mass is 10.1. The molecule has 0 saturated carbocycles. The minimum Gasteiger partial charge on any atom is -0.465 e. The number of nitrogens with one attached hydrogen (secondary N) is 1. The highest BCUT2D eigenvalue weighted by molar-refractivity contribution is 7.20. The van der Waals surface area contributed by atoms with Gasteiger partial charge >= 0.3 is 5.97 Å². The van der Waals surface area contributed by atoms with E-state index in [0.717, 1.165) is 12.2 Å². The minimum absolute atomic E-state index is 0.227. The summed E-state index contributed by atoms with van der Waals surface area (Å²) in [6, 6.07) is 6.38. The average Bonchev–Trinajstić information content (AvgIpc) is 2.95. The first-order chi connectivity index (χ1) is 12.8. The summed E-state index contributed by atoms with van der Waals surface area (Å²) in [5.74, 6) is 0.132. The van der Waals surface area contributed by atoms with Crippen LogP contribution < -0.4 is 10.5 Å². The second-order valence-corrected chi connectivity index (χ2v) is 7.60. The van der Waals surface area contributed by atoms with Crippen molar-refractivity contribution in [3.63, 3.8) is 0 Å². The van der Waals surface area contributed by atoms with E-state index in [9.17, 15) is 9.59 Å². The number of H-pyrrole nitrogens is 1. The number of thiophene rings is 1. The van der Waals surface area contributed by atoms with E-state index in [1.54, 1.807) is 6.92 Å². The molecule has 3 aromatic rings. The third-order valence-electron chi connectivity index (χ3n) is 4.51. The highest BCUT2D eigenvalue weighted by Gasteiger charge is 2.20. The molecule has 0 aliphatic heterocycles. The summed E-state index contributed by atoms with van der Waals surface area (Å²) in [5.41, 5.74) is 3.86. The molecule has 0 spiro atoms. The number of fused-ring (bicyclic) bond motifs is 1. The van der Waals surface area contributed by atoms with Crippen molar-refractivity contribution in [2.24, 2.45) is 0 Å². The van der Waals surface area contributed by atoms with Gasteiger partial charge in [0.1, 0.15) is 15.5 Å². The highest BCUT2D eigenvalue weighted by atomic mass is 32.1. The maximum atomic E-state index is 12.6. The number of aryl methyl sites for hydroxylation is 3. The van der Waals surface area contributed by atoms with Crippen molar-refractivity contribution in [3.8, 4) is 0 Å². The first-order valence-corrected chi connectivity index (χ1v) is 9.59. The third-order valence-corrected chi connectivity index (χ3v) is 5.68. The zero-order valence-corrected chi connectivity index (χ0v) is 17.0. The van der Waals surface area contributed by atoms with Crippen LogP contribution in [-0.4, -0.2) is 29.6 Å². The molecule has 0 aliphatic carbocycles. The number of esters is 1. The Bertz CT molecular complexity index is 1050. The summed E-state index contributed by atoms with van der Waals surface area (Å²) in [7, 11) is 1.33. The topological polar surface area (TPSA) is 75.3 Å². The number of aromatic nitrogens is 2. The van der Waals surface area contributed by atoms with Crippen molar-refractivity contribution in [1.29, 1.82) is 0 Å². The Hall–Kier alpha value is -2.67. The molecule has 142 valence electrons. The maximum absolute atomic E-state index is 12.6. The fraction of sp³-hybridized carbons (Fsp3) is 0.350. The van der Waals surface area contributed by atoms with Crippen LogP contribution in [0.15, 0.2) is 23.0 Å². The van der Waals surface area contributed by atoms with Crippen LogP contribution in [0, 0.1) is 20.8 Å². The summed E-state index contributed by atoms with van der Waals surface area (Å²) in [5, 5.41) is 0.457. The Kier molecular flexibility index (Phi) is 5.32. The lowest BCUT2D eigenvalue weighted by Gasteiger charge is -2.23. The van der Waals surface area contributed by atoms with Crippen LogP contribution >= 0.6 is 11.3 Å². The predicted molar refractivity (Wildman–Crippen MR) is 109 cm³/mol. The van der Waals surface area contributed by atoms with E-state index >= 15 is 0 Å². The molecule has 3 rings (SSSR count). The van der Waals surface area contributed by atoms with Gasteiger partial charge in [0, 0.05) is 12.2 Å². The quantitative estimate of drug-likeness (QED) is 0.678. The van der Waals surface area contributed by atoms with Crippen LogP contribution in [0.3, 0.4) is 0 Å². The number of benzene rings is 1. The van der Waals surface area contributed by atoms with Gasteiger partial charge in [-0.25, -0.2) is 9.78 Å². The Balaban J connectivity index is 2.01. The van der Waals surface area contributed by atoms with Crippen LogP contribution in [0.1, 0.15) is 39.1 Å². The van der Waals surface area contributed by atoms with Crippen molar-refractivity contribution < 1.29 is 9.53 Å². The SMILES string of the molecule is CCN(Cc1nc2sc(C(=O)OC)c(C)c2c(=O)[nH]1)c1cc(C)cc(C)c1. The van der Waals surface area contributed by atoms with Gasteiger partial charge in [-0.3, -0.25) is 4.79 Å². The van der Waals surface area contributed by atoms with E-state index in [1.807, 2.05) is 0 Å². The van der Waals surface area contributed by atoms with E-state index in [0.29, 0.717) is 33.0 Å². The van der Waals surface area contributed by atoms with Gasteiger partial charge in [0.2, 0.25) is 0 Å². The first kappa shape index (κ1) is 19.1. The second kappa shape index (κ2) is 7.52. The monoisotopic (exact) mass is 385 g/mol.